The second-order valence-electron chi connectivity index (χ2n) is 5.64. The second kappa shape index (κ2) is 6.54. The van der Waals surface area contributed by atoms with Crippen LogP contribution in [0.3, 0.4) is 0 Å². The molecule has 2 amide bonds. The standard InChI is InChI=1S/C20H18N2O2/c1-13-18(21-14(2)23)11-6-12-19(13)22-20(24)17-10-5-8-15-7-3-4-9-16(15)17/h3-12H,1-2H3,(H,21,23)(H,22,24). The van der Waals surface area contributed by atoms with Crippen LogP contribution in [0.4, 0.5) is 11.4 Å². The minimum Gasteiger partial charge on any atom is -0.326 e. The average Bonchev–Trinajstić information content (AvgIpc) is 2.57. The van der Waals surface area contributed by atoms with E-state index in [-0.39, 0.29) is 11.8 Å². The van der Waals surface area contributed by atoms with E-state index in [0.717, 1.165) is 16.3 Å². The first kappa shape index (κ1) is 15.7. The largest absolute Gasteiger partial charge is 0.326 e. The van der Waals surface area contributed by atoms with Gasteiger partial charge in [-0.05, 0) is 41.5 Å². The van der Waals surface area contributed by atoms with Crippen LogP contribution in [0, 0.1) is 6.92 Å². The van der Waals surface area contributed by atoms with E-state index in [1.807, 2.05) is 61.5 Å². The van der Waals surface area contributed by atoms with Crippen LogP contribution < -0.4 is 10.6 Å². The van der Waals surface area contributed by atoms with Crippen LogP contribution in [0.1, 0.15) is 22.8 Å². The quantitative estimate of drug-likeness (QED) is 0.754. The Morgan fingerprint density at radius 2 is 1.42 bits per heavy atom. The molecule has 0 aromatic heterocycles. The molecule has 2 N–H and O–H groups in total. The first-order valence-electron chi connectivity index (χ1n) is 7.72. The fourth-order valence-corrected chi connectivity index (χ4v) is 2.71. The zero-order valence-electron chi connectivity index (χ0n) is 13.6. The van der Waals surface area contributed by atoms with E-state index in [9.17, 15) is 9.59 Å². The molecular formula is C20H18N2O2. The summed E-state index contributed by atoms with van der Waals surface area (Å²) in [7, 11) is 0. The normalized spacial score (nSPS) is 10.4. The third-order valence-electron chi connectivity index (χ3n) is 3.93. The Morgan fingerprint density at radius 3 is 2.17 bits per heavy atom. The van der Waals surface area contributed by atoms with Crippen molar-refractivity contribution in [2.45, 2.75) is 13.8 Å². The molecule has 0 aliphatic rings. The van der Waals surface area contributed by atoms with Gasteiger partial charge < -0.3 is 10.6 Å². The summed E-state index contributed by atoms with van der Waals surface area (Å²) in [6, 6.07) is 18.9. The van der Waals surface area contributed by atoms with Gasteiger partial charge in [0.2, 0.25) is 5.91 Å². The number of nitrogens with one attached hydrogen (secondary N) is 2. The molecule has 0 bridgehead atoms. The van der Waals surface area contributed by atoms with E-state index in [4.69, 9.17) is 0 Å². The highest BCUT2D eigenvalue weighted by atomic mass is 16.2. The summed E-state index contributed by atoms with van der Waals surface area (Å²) in [4.78, 5) is 24.0. The molecule has 0 aliphatic heterocycles. The number of rotatable bonds is 3. The molecular weight excluding hydrogens is 300 g/mol. The summed E-state index contributed by atoms with van der Waals surface area (Å²) in [5, 5.41) is 7.64. The van der Waals surface area contributed by atoms with Gasteiger partial charge in [-0.3, -0.25) is 9.59 Å². The van der Waals surface area contributed by atoms with Gasteiger partial charge in [0.1, 0.15) is 0 Å². The van der Waals surface area contributed by atoms with Crippen molar-refractivity contribution in [1.29, 1.82) is 0 Å². The van der Waals surface area contributed by atoms with Gasteiger partial charge in [-0.15, -0.1) is 0 Å². The minimum absolute atomic E-state index is 0.143. The molecule has 3 rings (SSSR count). The molecule has 24 heavy (non-hydrogen) atoms. The molecule has 0 fully saturated rings. The van der Waals surface area contributed by atoms with Crippen LogP contribution in [0.15, 0.2) is 60.7 Å². The highest BCUT2D eigenvalue weighted by molar-refractivity contribution is 6.13. The highest BCUT2D eigenvalue weighted by Gasteiger charge is 2.12. The van der Waals surface area contributed by atoms with Gasteiger partial charge in [0.25, 0.3) is 5.91 Å². The molecule has 0 radical (unpaired) electrons. The van der Waals surface area contributed by atoms with Crippen molar-refractivity contribution in [1.82, 2.24) is 0 Å². The summed E-state index contributed by atoms with van der Waals surface area (Å²) >= 11 is 0. The van der Waals surface area contributed by atoms with Crippen LogP contribution in [0.2, 0.25) is 0 Å². The van der Waals surface area contributed by atoms with E-state index >= 15 is 0 Å². The maximum atomic E-state index is 12.7. The van der Waals surface area contributed by atoms with Gasteiger partial charge in [0.05, 0.1) is 0 Å². The molecule has 120 valence electrons. The molecule has 0 atom stereocenters. The Bertz CT molecular complexity index is 927. The molecule has 0 saturated carbocycles. The molecule has 0 heterocycles. The molecule has 4 nitrogen and oxygen atoms in total. The van der Waals surface area contributed by atoms with E-state index in [1.165, 1.54) is 6.92 Å². The topological polar surface area (TPSA) is 58.2 Å². The van der Waals surface area contributed by atoms with Gasteiger partial charge in [0.15, 0.2) is 0 Å². The fourth-order valence-electron chi connectivity index (χ4n) is 2.71. The van der Waals surface area contributed by atoms with Gasteiger partial charge >= 0.3 is 0 Å². The maximum Gasteiger partial charge on any atom is 0.256 e. The zero-order chi connectivity index (χ0) is 17.1. The van der Waals surface area contributed by atoms with Crippen molar-refractivity contribution in [3.8, 4) is 0 Å². The van der Waals surface area contributed by atoms with Crippen molar-refractivity contribution in [2.24, 2.45) is 0 Å². The van der Waals surface area contributed by atoms with Crippen molar-refractivity contribution in [3.05, 3.63) is 71.8 Å². The van der Waals surface area contributed by atoms with Crippen molar-refractivity contribution in [2.75, 3.05) is 10.6 Å². The lowest BCUT2D eigenvalue weighted by Crippen LogP contribution is -2.14. The smallest absolute Gasteiger partial charge is 0.256 e. The molecule has 0 aliphatic carbocycles. The van der Waals surface area contributed by atoms with Crippen LogP contribution >= 0.6 is 0 Å². The molecule has 3 aromatic carbocycles. The predicted molar refractivity (Wildman–Crippen MR) is 97.4 cm³/mol. The summed E-state index contributed by atoms with van der Waals surface area (Å²) < 4.78 is 0. The number of benzene rings is 3. The predicted octanol–water partition coefficient (Wildman–Crippen LogP) is 4.36. The lowest BCUT2D eigenvalue weighted by Gasteiger charge is -2.13. The van der Waals surface area contributed by atoms with Crippen molar-refractivity contribution >= 4 is 34.0 Å². The fraction of sp³-hybridized carbons (Fsp3) is 0.100. The van der Waals surface area contributed by atoms with E-state index in [2.05, 4.69) is 10.6 Å². The number of carbonyl (C=O) groups is 2. The molecule has 0 saturated heterocycles. The average molecular weight is 318 g/mol. The second-order valence-corrected chi connectivity index (χ2v) is 5.64. The van der Waals surface area contributed by atoms with Gasteiger partial charge in [-0.1, -0.05) is 42.5 Å². The Labute approximate surface area is 140 Å². The minimum atomic E-state index is -0.171. The number of hydrogen-bond donors (Lipinski definition) is 2. The van der Waals surface area contributed by atoms with Crippen molar-refractivity contribution < 1.29 is 9.59 Å². The molecule has 4 heteroatoms. The Hall–Kier alpha value is -3.14. The number of fused-ring (bicyclic) bond motifs is 1. The third-order valence-corrected chi connectivity index (χ3v) is 3.93. The maximum absolute atomic E-state index is 12.7. The summed E-state index contributed by atoms with van der Waals surface area (Å²) in [6.07, 6.45) is 0. The molecule has 0 unspecified atom stereocenters. The van der Waals surface area contributed by atoms with Crippen molar-refractivity contribution in [3.63, 3.8) is 0 Å². The summed E-state index contributed by atoms with van der Waals surface area (Å²) in [6.45, 7) is 3.32. The Morgan fingerprint density at radius 1 is 0.792 bits per heavy atom. The first-order chi connectivity index (χ1) is 11.6. The van der Waals surface area contributed by atoms with Gasteiger partial charge in [-0.2, -0.15) is 0 Å². The Balaban J connectivity index is 1.94. The lowest BCUT2D eigenvalue weighted by molar-refractivity contribution is -0.114. The van der Waals surface area contributed by atoms with Crippen LogP contribution in [-0.2, 0) is 4.79 Å². The zero-order valence-corrected chi connectivity index (χ0v) is 13.6. The Kier molecular flexibility index (Phi) is 4.29. The number of amides is 2. The van der Waals surface area contributed by atoms with Crippen LogP contribution in [0.5, 0.6) is 0 Å². The number of anilines is 2. The first-order valence-corrected chi connectivity index (χ1v) is 7.72. The van der Waals surface area contributed by atoms with Gasteiger partial charge in [0, 0.05) is 23.9 Å². The highest BCUT2D eigenvalue weighted by Crippen LogP contribution is 2.25. The lowest BCUT2D eigenvalue weighted by atomic mass is 10.0. The SMILES string of the molecule is CC(=O)Nc1cccc(NC(=O)c2cccc3ccccc23)c1C. The van der Waals surface area contributed by atoms with E-state index in [0.29, 0.717) is 16.9 Å². The number of carbonyl (C=O) groups excluding carboxylic acids is 2. The van der Waals surface area contributed by atoms with E-state index in [1.54, 1.807) is 6.07 Å². The van der Waals surface area contributed by atoms with E-state index < -0.39 is 0 Å². The van der Waals surface area contributed by atoms with Crippen LogP contribution in [-0.4, -0.2) is 11.8 Å². The summed E-state index contributed by atoms with van der Waals surface area (Å²) in [5.74, 6) is -0.314. The van der Waals surface area contributed by atoms with Crippen LogP contribution in [0.25, 0.3) is 10.8 Å². The molecule has 3 aromatic rings. The molecule has 0 spiro atoms. The monoisotopic (exact) mass is 318 g/mol. The number of hydrogen-bond acceptors (Lipinski definition) is 2. The third kappa shape index (κ3) is 3.13. The van der Waals surface area contributed by atoms with Gasteiger partial charge in [-0.25, -0.2) is 0 Å². The summed E-state index contributed by atoms with van der Waals surface area (Å²) in [5.41, 5.74) is 2.82.